The molecule has 198 valence electrons. The number of hydrogen-bond donors (Lipinski definition) is 5. The van der Waals surface area contributed by atoms with Crippen LogP contribution in [-0.4, -0.2) is 82.3 Å². The van der Waals surface area contributed by atoms with Gasteiger partial charge in [-0.1, -0.05) is 12.1 Å². The largest absolute Gasteiger partial charge is 0.508 e. The van der Waals surface area contributed by atoms with E-state index in [1.807, 2.05) is 12.1 Å². The molecule has 37 heavy (non-hydrogen) atoms. The molecule has 3 aromatic rings. The van der Waals surface area contributed by atoms with Crippen LogP contribution in [0.5, 0.6) is 11.5 Å². The van der Waals surface area contributed by atoms with Crippen LogP contribution in [-0.2, 0) is 16.0 Å². The molecule has 0 bridgehead atoms. The Morgan fingerprint density at radius 1 is 1.05 bits per heavy atom. The number of aromatic hydroxyl groups is 1. The highest BCUT2D eigenvalue weighted by Crippen LogP contribution is 2.20. The van der Waals surface area contributed by atoms with E-state index in [0.717, 1.165) is 5.56 Å². The predicted octanol–water partition coefficient (Wildman–Crippen LogP) is 2.27. The summed E-state index contributed by atoms with van der Waals surface area (Å²) < 4.78 is 11.0. The van der Waals surface area contributed by atoms with Gasteiger partial charge in [-0.3, -0.25) is 0 Å². The molecule has 1 atom stereocenters. The van der Waals surface area contributed by atoms with Crippen molar-refractivity contribution in [2.45, 2.75) is 19.4 Å². The van der Waals surface area contributed by atoms with E-state index in [-0.39, 0.29) is 18.8 Å². The van der Waals surface area contributed by atoms with Crippen LogP contribution in [0.1, 0.15) is 12.5 Å². The van der Waals surface area contributed by atoms with Gasteiger partial charge >= 0.3 is 5.97 Å². The molecule has 0 amide bonds. The number of nitrogens with one attached hydrogen (secondary N) is 2. The first-order valence-electron chi connectivity index (χ1n) is 11.8. The summed E-state index contributed by atoms with van der Waals surface area (Å²) in [7, 11) is 1.76. The Bertz CT molecular complexity index is 1130. The Balaban J connectivity index is 1.58. The third-order valence-corrected chi connectivity index (χ3v) is 5.17. The summed E-state index contributed by atoms with van der Waals surface area (Å²) >= 11 is 0. The summed E-state index contributed by atoms with van der Waals surface area (Å²) in [5.74, 6) is 0.797. The monoisotopic (exact) mass is 512 g/mol. The summed E-state index contributed by atoms with van der Waals surface area (Å²) in [4.78, 5) is 26.2. The highest BCUT2D eigenvalue weighted by molar-refractivity contribution is 5.72. The van der Waals surface area contributed by atoms with Gasteiger partial charge < -0.3 is 40.3 Å². The van der Waals surface area contributed by atoms with Crippen molar-refractivity contribution in [1.82, 2.24) is 15.0 Å². The topological polar surface area (TPSA) is 162 Å². The SMILES string of the molecule is CCOC(Cc1ccc(OCCNc2nc(Nc3ccc(O)cc3)nc(N(C)CCO)n2)cc1)C(=O)O. The second-order valence-electron chi connectivity index (χ2n) is 8.01. The average molecular weight is 513 g/mol. The molecule has 2 aromatic carbocycles. The van der Waals surface area contributed by atoms with E-state index in [2.05, 4.69) is 25.6 Å². The molecule has 0 fully saturated rings. The highest BCUT2D eigenvalue weighted by Gasteiger charge is 2.18. The van der Waals surface area contributed by atoms with Crippen LogP contribution in [0.3, 0.4) is 0 Å². The quantitative estimate of drug-likeness (QED) is 0.149. The number of anilines is 4. The van der Waals surface area contributed by atoms with E-state index >= 15 is 0 Å². The molecule has 0 aliphatic carbocycles. The van der Waals surface area contributed by atoms with Crippen LogP contribution in [0.15, 0.2) is 48.5 Å². The molecule has 3 rings (SSSR count). The van der Waals surface area contributed by atoms with Crippen molar-refractivity contribution in [3.8, 4) is 11.5 Å². The number of aliphatic hydroxyl groups is 1. The Labute approximate surface area is 214 Å². The van der Waals surface area contributed by atoms with Gasteiger partial charge in [-0.05, 0) is 48.9 Å². The zero-order chi connectivity index (χ0) is 26.6. The van der Waals surface area contributed by atoms with Crippen molar-refractivity contribution in [2.24, 2.45) is 0 Å². The number of benzene rings is 2. The molecule has 0 saturated heterocycles. The number of nitrogens with zero attached hydrogens (tertiary/aromatic N) is 4. The zero-order valence-corrected chi connectivity index (χ0v) is 20.8. The van der Waals surface area contributed by atoms with Crippen molar-refractivity contribution in [1.29, 1.82) is 0 Å². The molecule has 5 N–H and O–H groups in total. The number of carboxylic acid groups (broad SMARTS) is 1. The molecule has 12 heteroatoms. The third-order valence-electron chi connectivity index (χ3n) is 5.17. The van der Waals surface area contributed by atoms with Crippen LogP contribution in [0.4, 0.5) is 23.5 Å². The van der Waals surface area contributed by atoms with Gasteiger partial charge in [0.2, 0.25) is 17.8 Å². The first-order valence-corrected chi connectivity index (χ1v) is 11.8. The maximum atomic E-state index is 11.3. The number of hydrogen-bond acceptors (Lipinski definition) is 11. The number of phenols is 1. The van der Waals surface area contributed by atoms with Gasteiger partial charge in [-0.25, -0.2) is 4.79 Å². The molecule has 0 radical (unpaired) electrons. The maximum Gasteiger partial charge on any atom is 0.333 e. The normalized spacial score (nSPS) is 11.5. The van der Waals surface area contributed by atoms with E-state index in [1.165, 1.54) is 0 Å². The van der Waals surface area contributed by atoms with Gasteiger partial charge in [0, 0.05) is 32.3 Å². The fourth-order valence-electron chi connectivity index (χ4n) is 3.28. The molecular formula is C25H32N6O6. The van der Waals surface area contributed by atoms with Crippen molar-refractivity contribution >= 4 is 29.5 Å². The number of phenolic OH excluding ortho intramolecular Hbond substituents is 1. The summed E-state index contributed by atoms with van der Waals surface area (Å²) in [6.45, 7) is 3.11. The van der Waals surface area contributed by atoms with E-state index in [0.29, 0.717) is 55.6 Å². The Kier molecular flexibility index (Phi) is 10.2. The second-order valence-corrected chi connectivity index (χ2v) is 8.01. The van der Waals surface area contributed by atoms with E-state index < -0.39 is 12.1 Å². The maximum absolute atomic E-state index is 11.3. The summed E-state index contributed by atoms with van der Waals surface area (Å²) in [6.07, 6.45) is -0.603. The number of aliphatic carboxylic acids is 1. The van der Waals surface area contributed by atoms with Gasteiger partial charge in [0.1, 0.15) is 18.1 Å². The number of likely N-dealkylation sites (N-methyl/N-ethyl adjacent to an activating group) is 1. The fourth-order valence-corrected chi connectivity index (χ4v) is 3.28. The van der Waals surface area contributed by atoms with Gasteiger partial charge in [0.15, 0.2) is 6.10 Å². The van der Waals surface area contributed by atoms with Gasteiger partial charge in [0.25, 0.3) is 0 Å². The molecule has 1 aromatic heterocycles. The summed E-state index contributed by atoms with van der Waals surface area (Å²) in [5.41, 5.74) is 1.53. The van der Waals surface area contributed by atoms with Crippen molar-refractivity contribution in [2.75, 3.05) is 55.5 Å². The smallest absolute Gasteiger partial charge is 0.333 e. The van der Waals surface area contributed by atoms with E-state index in [9.17, 15) is 20.1 Å². The number of aromatic nitrogens is 3. The van der Waals surface area contributed by atoms with Gasteiger partial charge in [-0.15, -0.1) is 0 Å². The van der Waals surface area contributed by atoms with Gasteiger partial charge in [0.05, 0.1) is 13.2 Å². The molecule has 1 heterocycles. The van der Waals surface area contributed by atoms with Crippen LogP contribution in [0.25, 0.3) is 0 Å². The van der Waals surface area contributed by atoms with Crippen molar-refractivity contribution in [3.63, 3.8) is 0 Å². The second kappa shape index (κ2) is 13.8. The molecule has 12 nitrogen and oxygen atoms in total. The predicted molar refractivity (Wildman–Crippen MR) is 139 cm³/mol. The Hall–Kier alpha value is -4.16. The molecular weight excluding hydrogens is 480 g/mol. The number of aliphatic hydroxyl groups excluding tert-OH is 1. The Morgan fingerprint density at radius 3 is 2.41 bits per heavy atom. The van der Waals surface area contributed by atoms with Crippen molar-refractivity contribution < 1.29 is 29.6 Å². The van der Waals surface area contributed by atoms with Crippen LogP contribution >= 0.6 is 0 Å². The average Bonchev–Trinajstić information content (AvgIpc) is 2.88. The number of rotatable bonds is 15. The minimum Gasteiger partial charge on any atom is -0.508 e. The summed E-state index contributed by atoms with van der Waals surface area (Å²) in [6, 6.07) is 13.7. The lowest BCUT2D eigenvalue weighted by Gasteiger charge is -2.17. The fraction of sp³-hybridized carbons (Fsp3) is 0.360. The van der Waals surface area contributed by atoms with Crippen LogP contribution < -0.4 is 20.3 Å². The molecule has 0 saturated carbocycles. The zero-order valence-electron chi connectivity index (χ0n) is 20.8. The van der Waals surface area contributed by atoms with E-state index in [4.69, 9.17) is 9.47 Å². The minimum absolute atomic E-state index is 0.0547. The van der Waals surface area contributed by atoms with E-state index in [1.54, 1.807) is 55.3 Å². The minimum atomic E-state index is -0.987. The lowest BCUT2D eigenvalue weighted by atomic mass is 10.1. The standard InChI is InChI=1S/C25H32N6O6/c1-3-36-21(22(34)35)16-17-4-10-20(11-5-17)37-15-12-26-23-28-24(27-18-6-8-19(33)9-7-18)30-25(29-23)31(2)13-14-32/h4-11,21,32-33H,3,12-16H2,1-2H3,(H,34,35)(H2,26,27,28,29,30). The number of carbonyl (C=O) groups is 1. The lowest BCUT2D eigenvalue weighted by Crippen LogP contribution is -2.26. The molecule has 0 aliphatic heterocycles. The van der Waals surface area contributed by atoms with Crippen molar-refractivity contribution in [3.05, 3.63) is 54.1 Å². The molecule has 1 unspecified atom stereocenters. The van der Waals surface area contributed by atoms with Crippen LogP contribution in [0.2, 0.25) is 0 Å². The summed E-state index contributed by atoms with van der Waals surface area (Å²) in [5, 5.41) is 34.2. The Morgan fingerprint density at radius 2 is 1.76 bits per heavy atom. The lowest BCUT2D eigenvalue weighted by molar-refractivity contribution is -0.149. The first-order chi connectivity index (χ1) is 17.9. The third kappa shape index (κ3) is 8.78. The van der Waals surface area contributed by atoms with Crippen LogP contribution in [0, 0.1) is 0 Å². The number of ether oxygens (including phenoxy) is 2. The highest BCUT2D eigenvalue weighted by atomic mass is 16.5. The first kappa shape index (κ1) is 27.4. The number of carboxylic acids is 1. The van der Waals surface area contributed by atoms with Gasteiger partial charge in [-0.2, -0.15) is 15.0 Å². The molecule has 0 aliphatic rings. The molecule has 0 spiro atoms.